The Balaban J connectivity index is 1.05. The zero-order chi connectivity index (χ0) is 53.5. The van der Waals surface area contributed by atoms with E-state index in [1.54, 1.807) is 95.8 Å². The second-order valence-electron chi connectivity index (χ2n) is 19.5. The lowest BCUT2D eigenvalue weighted by atomic mass is 10.0. The molecule has 1 unspecified atom stereocenters. The van der Waals surface area contributed by atoms with E-state index in [2.05, 4.69) is 20.8 Å². The van der Waals surface area contributed by atoms with Gasteiger partial charge in [0.05, 0.1) is 51.0 Å². The highest BCUT2D eigenvalue weighted by Crippen LogP contribution is 2.39. The molecule has 19 nitrogen and oxygen atoms in total. The average molecular weight is 1060 g/mol. The number of thiazole rings is 1. The Bertz CT molecular complexity index is 2800. The normalized spacial score (nSPS) is 18.4. The quantitative estimate of drug-likeness (QED) is 0.0224. The van der Waals surface area contributed by atoms with E-state index in [-0.39, 0.29) is 66.2 Å². The van der Waals surface area contributed by atoms with Crippen LogP contribution in [0.3, 0.4) is 0 Å². The van der Waals surface area contributed by atoms with E-state index in [1.165, 1.54) is 39.3 Å². The number of β-lactam (4-membered cyclic amide) rings is 1. The van der Waals surface area contributed by atoms with Gasteiger partial charge in [-0.2, -0.15) is 0 Å². The number of nitrogens with zero attached hydrogens (tertiary/aromatic N) is 4. The number of esters is 1. The van der Waals surface area contributed by atoms with Gasteiger partial charge in [0.25, 0.3) is 17.7 Å². The van der Waals surface area contributed by atoms with Gasteiger partial charge in [0.15, 0.2) is 29.1 Å². The second-order valence-corrected chi connectivity index (χ2v) is 22.1. The SMILES string of the molecule is BOC(=O)C1=C(C[N+]2(CCNC(=O)c3cc(F)c(OCc4ccc(OC)cc4)c(OCc4ccc(OC)cc4)c3)CCCC2)C[S+]([O-])[C@@H]2[C@H](NC(=O)/C(=N\OC(C)(C)C(=O)OC(C)(C)C)c3csc(C)n3)C(=O)N12. The first-order valence-electron chi connectivity index (χ1n) is 23.9. The predicted octanol–water partition coefficient (Wildman–Crippen LogP) is 4.41. The minimum Gasteiger partial charge on any atom is -0.614 e. The summed E-state index contributed by atoms with van der Waals surface area (Å²) in [6, 6.07) is 15.5. The van der Waals surface area contributed by atoms with Crippen molar-refractivity contribution >= 4 is 65.9 Å². The van der Waals surface area contributed by atoms with Crippen LogP contribution in [0.1, 0.15) is 79.6 Å². The fourth-order valence-corrected chi connectivity index (χ4v) is 10.9. The Morgan fingerprint density at radius 1 is 0.959 bits per heavy atom. The van der Waals surface area contributed by atoms with Crippen LogP contribution < -0.4 is 29.6 Å². The minimum absolute atomic E-state index is 0.00315. The Morgan fingerprint density at radius 2 is 1.58 bits per heavy atom. The smallest absolute Gasteiger partial charge is 0.353 e. The average Bonchev–Trinajstić information content (AvgIpc) is 4.02. The van der Waals surface area contributed by atoms with Crippen molar-refractivity contribution in [3.63, 3.8) is 0 Å². The van der Waals surface area contributed by atoms with Crippen LogP contribution in [-0.2, 0) is 57.8 Å². The van der Waals surface area contributed by atoms with E-state index in [0.717, 1.165) is 34.9 Å². The van der Waals surface area contributed by atoms with Crippen molar-refractivity contribution in [2.75, 3.05) is 52.7 Å². The number of carbonyl (C=O) groups is 5. The highest BCUT2D eigenvalue weighted by molar-refractivity contribution is 7.92. The number of carbonyl (C=O) groups excluding carboxylic acids is 5. The number of likely N-dealkylation sites (tertiary alicyclic amines) is 1. The third-order valence-corrected chi connectivity index (χ3v) is 14.9. The molecule has 7 rings (SSSR count). The zero-order valence-corrected chi connectivity index (χ0v) is 44.5. The first kappa shape index (κ1) is 55.1. The van der Waals surface area contributed by atoms with Gasteiger partial charge >= 0.3 is 20.0 Å². The number of hydrogen-bond donors (Lipinski definition) is 2. The minimum atomic E-state index is -1.81. The summed E-state index contributed by atoms with van der Waals surface area (Å²) in [5.74, 6) is -3.46. The molecule has 394 valence electrons. The Hall–Kier alpha value is -6.69. The van der Waals surface area contributed by atoms with Crippen LogP contribution in [0.25, 0.3) is 0 Å². The van der Waals surface area contributed by atoms with Gasteiger partial charge in [-0.1, -0.05) is 29.4 Å². The third kappa shape index (κ3) is 13.0. The highest BCUT2D eigenvalue weighted by Gasteiger charge is 2.62. The molecule has 3 aliphatic rings. The molecule has 23 heteroatoms. The number of fused-ring (bicyclic) bond motifs is 1. The number of methoxy groups -OCH3 is 2. The number of quaternary nitrogens is 1. The molecule has 0 spiro atoms. The van der Waals surface area contributed by atoms with Crippen LogP contribution in [0.15, 0.2) is 82.5 Å². The van der Waals surface area contributed by atoms with Gasteiger partial charge in [0.1, 0.15) is 54.0 Å². The molecule has 2 N–H and O–H groups in total. The number of oxime groups is 1. The molecule has 2 saturated heterocycles. The molecular weight excluding hydrogens is 999 g/mol. The van der Waals surface area contributed by atoms with Gasteiger partial charge in [-0.25, -0.2) is 19.0 Å². The molecule has 0 radical (unpaired) electrons. The first-order chi connectivity index (χ1) is 35.1. The second kappa shape index (κ2) is 23.2. The van der Waals surface area contributed by atoms with Gasteiger partial charge in [-0.15, -0.1) is 11.3 Å². The van der Waals surface area contributed by atoms with Crippen LogP contribution >= 0.6 is 11.3 Å². The number of aromatic nitrogens is 1. The van der Waals surface area contributed by atoms with Crippen molar-refractivity contribution in [2.24, 2.45) is 5.16 Å². The number of nitrogens with one attached hydrogen (secondary N) is 2. The van der Waals surface area contributed by atoms with Gasteiger partial charge in [0, 0.05) is 23.8 Å². The van der Waals surface area contributed by atoms with E-state index in [4.69, 9.17) is 33.2 Å². The molecular formula is C51H61BFN6O13S2+. The molecule has 4 aromatic rings. The molecule has 4 heterocycles. The molecule has 3 aliphatic heterocycles. The van der Waals surface area contributed by atoms with Gasteiger partial charge in [0.2, 0.25) is 11.0 Å². The van der Waals surface area contributed by atoms with E-state index in [9.17, 15) is 28.5 Å². The predicted molar refractivity (Wildman–Crippen MR) is 274 cm³/mol. The molecule has 74 heavy (non-hydrogen) atoms. The van der Waals surface area contributed by atoms with Crippen molar-refractivity contribution in [1.82, 2.24) is 20.5 Å². The van der Waals surface area contributed by atoms with E-state index < -0.39 is 69.3 Å². The summed E-state index contributed by atoms with van der Waals surface area (Å²) < 4.78 is 63.8. The third-order valence-electron chi connectivity index (χ3n) is 12.5. The maximum atomic E-state index is 16.0. The lowest BCUT2D eigenvalue weighted by Crippen LogP contribution is -2.75. The summed E-state index contributed by atoms with van der Waals surface area (Å²) in [7, 11) is 4.30. The van der Waals surface area contributed by atoms with Crippen molar-refractivity contribution in [1.29, 1.82) is 0 Å². The fraction of sp³-hybridized carbons (Fsp3) is 0.431. The van der Waals surface area contributed by atoms with Crippen molar-refractivity contribution < 1.29 is 70.6 Å². The fourth-order valence-electron chi connectivity index (χ4n) is 8.63. The number of amides is 3. The molecule has 0 saturated carbocycles. The number of halogens is 1. The lowest BCUT2D eigenvalue weighted by Gasteiger charge is -2.49. The van der Waals surface area contributed by atoms with E-state index >= 15 is 4.39 Å². The first-order valence-corrected chi connectivity index (χ1v) is 26.1. The molecule has 0 aliphatic carbocycles. The number of ether oxygens (including phenoxy) is 5. The number of rotatable bonds is 21. The zero-order valence-electron chi connectivity index (χ0n) is 42.9. The molecule has 3 aromatic carbocycles. The van der Waals surface area contributed by atoms with E-state index in [1.807, 2.05) is 0 Å². The Morgan fingerprint density at radius 3 is 2.15 bits per heavy atom. The summed E-state index contributed by atoms with van der Waals surface area (Å²) in [6.45, 7) is 11.7. The standard InChI is InChI=1S/C51H60BFN6O13S2/c1-30-55-38(28-73-30)40(57-72-51(5,6)49(64)70-50(2,3)4)45(61)56-41-46(62)58-42(48(63)71-52)34(29-74(65)47(41)58)25-59(20-9-10-21-59)22-19-54-44(60)33-23-37(53)43(69-27-32-13-17-36(67-8)18-14-32)39(24-33)68-26-31-11-15-35(66-7)16-12-31/h11-18,23-24,28,41,47H,9-10,19-22,25-27,29,52H2,1-8H3,(H-,54,56,60,61)/p+1/b57-40-/t41-,47-,74?/m1/s1. The number of aryl methyl sites for hydroxylation is 1. The summed E-state index contributed by atoms with van der Waals surface area (Å²) in [5.41, 5.74) is -0.803. The topological polar surface area (TPSA) is 226 Å². The van der Waals surface area contributed by atoms with Crippen LogP contribution in [0.5, 0.6) is 23.0 Å². The van der Waals surface area contributed by atoms with Crippen LogP contribution in [0, 0.1) is 12.7 Å². The highest BCUT2D eigenvalue weighted by atomic mass is 32.2. The summed E-state index contributed by atoms with van der Waals surface area (Å²) >= 11 is -0.581. The van der Waals surface area contributed by atoms with Crippen molar-refractivity contribution in [3.05, 3.63) is 111 Å². The summed E-state index contributed by atoms with van der Waals surface area (Å²) in [4.78, 5) is 79.5. The lowest BCUT2D eigenvalue weighted by molar-refractivity contribution is -0.911. The van der Waals surface area contributed by atoms with Gasteiger partial charge in [-0.3, -0.25) is 19.3 Å². The van der Waals surface area contributed by atoms with Gasteiger partial charge in [-0.05, 0) is 100 Å². The largest absolute Gasteiger partial charge is 0.614 e. The molecule has 2 fully saturated rings. The maximum absolute atomic E-state index is 16.0. The molecule has 0 bridgehead atoms. The molecule has 3 amide bonds. The van der Waals surface area contributed by atoms with Crippen LogP contribution in [0.2, 0.25) is 0 Å². The molecule has 3 atom stereocenters. The summed E-state index contributed by atoms with van der Waals surface area (Å²) in [6.07, 6.45) is 1.66. The van der Waals surface area contributed by atoms with E-state index in [0.29, 0.717) is 46.2 Å². The Labute approximate surface area is 436 Å². The van der Waals surface area contributed by atoms with Crippen molar-refractivity contribution in [3.8, 4) is 23.0 Å². The Kier molecular flexibility index (Phi) is 17.3. The maximum Gasteiger partial charge on any atom is 0.353 e. The van der Waals surface area contributed by atoms with Gasteiger partial charge < -0.3 is 52.8 Å². The molecule has 1 aromatic heterocycles. The van der Waals surface area contributed by atoms with Crippen LogP contribution in [0.4, 0.5) is 4.39 Å². The number of benzene rings is 3. The summed E-state index contributed by atoms with van der Waals surface area (Å²) in [5, 5.41) is 10.6. The van der Waals surface area contributed by atoms with Crippen LogP contribution in [-0.4, -0.2) is 138 Å². The monoisotopic (exact) mass is 1060 g/mol. The number of hydrogen-bond acceptors (Lipinski definition) is 16. The van der Waals surface area contributed by atoms with Crippen molar-refractivity contribution in [2.45, 2.75) is 90.2 Å².